The van der Waals surface area contributed by atoms with E-state index in [0.29, 0.717) is 5.92 Å². The second-order valence-electron chi connectivity index (χ2n) is 5.13. The van der Waals surface area contributed by atoms with Crippen molar-refractivity contribution in [3.8, 4) is 0 Å². The van der Waals surface area contributed by atoms with E-state index in [-0.39, 0.29) is 0 Å². The Hall–Kier alpha value is -1.06. The minimum Gasteiger partial charge on any atom is -0.384 e. The maximum atomic E-state index is 5.20. The minimum absolute atomic E-state index is 0.697. The third-order valence-electron chi connectivity index (χ3n) is 3.49. The van der Waals surface area contributed by atoms with Gasteiger partial charge in [0.1, 0.15) is 0 Å². The van der Waals surface area contributed by atoms with Crippen LogP contribution < -0.4 is 10.2 Å². The summed E-state index contributed by atoms with van der Waals surface area (Å²) in [4.78, 5) is 2.51. The number of para-hydroxylation sites is 1. The Labute approximate surface area is 110 Å². The van der Waals surface area contributed by atoms with Gasteiger partial charge in [-0.05, 0) is 30.5 Å². The normalized spacial score (nSPS) is 20.8. The fraction of sp³-hybridized carbons (Fsp3) is 0.600. The Balaban J connectivity index is 2.14. The van der Waals surface area contributed by atoms with Gasteiger partial charge in [0.2, 0.25) is 0 Å². The zero-order chi connectivity index (χ0) is 12.8. The van der Waals surface area contributed by atoms with Gasteiger partial charge in [-0.15, -0.1) is 0 Å². The SMILES string of the molecule is COCCc1ccccc1N1CCNCC(C)C1. The van der Waals surface area contributed by atoms with Gasteiger partial charge in [0.15, 0.2) is 0 Å². The molecular weight excluding hydrogens is 224 g/mol. The molecule has 1 atom stereocenters. The average Bonchev–Trinajstić information content (AvgIpc) is 2.61. The summed E-state index contributed by atoms with van der Waals surface area (Å²) in [5.41, 5.74) is 2.78. The molecule has 1 N–H and O–H groups in total. The van der Waals surface area contributed by atoms with Crippen LogP contribution in [0.2, 0.25) is 0 Å². The Morgan fingerprint density at radius 1 is 1.39 bits per heavy atom. The van der Waals surface area contributed by atoms with E-state index in [1.807, 2.05) is 0 Å². The van der Waals surface area contributed by atoms with E-state index in [4.69, 9.17) is 4.74 Å². The van der Waals surface area contributed by atoms with Gasteiger partial charge in [-0.2, -0.15) is 0 Å². The van der Waals surface area contributed by atoms with Crippen LogP contribution in [0.1, 0.15) is 12.5 Å². The molecule has 0 amide bonds. The summed E-state index contributed by atoms with van der Waals surface area (Å²) in [5.74, 6) is 0.697. The molecule has 1 aliphatic heterocycles. The molecule has 1 heterocycles. The lowest BCUT2D eigenvalue weighted by molar-refractivity contribution is 0.202. The van der Waals surface area contributed by atoms with Crippen LogP contribution in [-0.2, 0) is 11.2 Å². The maximum Gasteiger partial charge on any atom is 0.0503 e. The second kappa shape index (κ2) is 6.76. The lowest BCUT2D eigenvalue weighted by atomic mass is 10.1. The van der Waals surface area contributed by atoms with Crippen molar-refractivity contribution in [3.63, 3.8) is 0 Å². The van der Waals surface area contributed by atoms with Crippen LogP contribution in [0.4, 0.5) is 5.69 Å². The lowest BCUT2D eigenvalue weighted by Crippen LogP contribution is -2.30. The third kappa shape index (κ3) is 3.47. The van der Waals surface area contributed by atoms with Crippen molar-refractivity contribution in [1.82, 2.24) is 5.32 Å². The molecule has 0 aromatic heterocycles. The summed E-state index contributed by atoms with van der Waals surface area (Å²) in [5, 5.41) is 3.49. The largest absolute Gasteiger partial charge is 0.384 e. The highest BCUT2D eigenvalue weighted by molar-refractivity contribution is 5.54. The molecule has 0 bridgehead atoms. The Bertz CT molecular complexity index is 367. The molecule has 1 unspecified atom stereocenters. The molecule has 0 spiro atoms. The fourth-order valence-corrected chi connectivity index (χ4v) is 2.56. The summed E-state index contributed by atoms with van der Waals surface area (Å²) in [6.07, 6.45) is 0.991. The average molecular weight is 248 g/mol. The first kappa shape index (κ1) is 13.4. The standard InChI is InChI=1S/C15H24N2O/c1-13-11-16-8-9-17(12-13)15-6-4-3-5-14(15)7-10-18-2/h3-6,13,16H,7-12H2,1-2H3. The van der Waals surface area contributed by atoms with Gasteiger partial charge in [0.25, 0.3) is 0 Å². The second-order valence-corrected chi connectivity index (χ2v) is 5.13. The molecule has 1 aromatic rings. The van der Waals surface area contributed by atoms with E-state index in [9.17, 15) is 0 Å². The third-order valence-corrected chi connectivity index (χ3v) is 3.49. The van der Waals surface area contributed by atoms with Crippen molar-refractivity contribution in [2.24, 2.45) is 5.92 Å². The number of ether oxygens (including phenoxy) is 1. The molecule has 18 heavy (non-hydrogen) atoms. The Morgan fingerprint density at radius 3 is 3.06 bits per heavy atom. The molecule has 1 saturated heterocycles. The van der Waals surface area contributed by atoms with Crippen LogP contribution in [0.25, 0.3) is 0 Å². The first-order chi connectivity index (χ1) is 8.81. The fourth-order valence-electron chi connectivity index (χ4n) is 2.56. The number of rotatable bonds is 4. The molecule has 3 nitrogen and oxygen atoms in total. The maximum absolute atomic E-state index is 5.20. The van der Waals surface area contributed by atoms with Crippen LogP contribution in [0.15, 0.2) is 24.3 Å². The molecule has 0 aliphatic carbocycles. The minimum atomic E-state index is 0.697. The van der Waals surface area contributed by atoms with Gasteiger partial charge < -0.3 is 15.0 Å². The van der Waals surface area contributed by atoms with Crippen LogP contribution in [0.5, 0.6) is 0 Å². The number of anilines is 1. The molecule has 0 radical (unpaired) electrons. The van der Waals surface area contributed by atoms with Crippen LogP contribution in [0, 0.1) is 5.92 Å². The van der Waals surface area contributed by atoms with Crippen molar-refractivity contribution in [2.75, 3.05) is 44.8 Å². The molecular formula is C15H24N2O. The molecule has 3 heteroatoms. The van der Waals surface area contributed by atoms with Crippen molar-refractivity contribution in [1.29, 1.82) is 0 Å². The quantitative estimate of drug-likeness (QED) is 0.881. The van der Waals surface area contributed by atoms with Crippen molar-refractivity contribution in [2.45, 2.75) is 13.3 Å². The predicted molar refractivity (Wildman–Crippen MR) is 76.3 cm³/mol. The van der Waals surface area contributed by atoms with Gasteiger partial charge in [-0.3, -0.25) is 0 Å². The monoisotopic (exact) mass is 248 g/mol. The predicted octanol–water partition coefficient (Wildman–Crippen LogP) is 1.92. The highest BCUT2D eigenvalue weighted by Crippen LogP contribution is 2.22. The highest BCUT2D eigenvalue weighted by Gasteiger charge is 2.16. The van der Waals surface area contributed by atoms with Gasteiger partial charge in [-0.25, -0.2) is 0 Å². The molecule has 1 aromatic carbocycles. The summed E-state index contributed by atoms with van der Waals surface area (Å²) in [7, 11) is 1.76. The summed E-state index contributed by atoms with van der Waals surface area (Å²) < 4.78 is 5.20. The summed E-state index contributed by atoms with van der Waals surface area (Å²) in [6.45, 7) is 7.52. The first-order valence-electron chi connectivity index (χ1n) is 6.83. The topological polar surface area (TPSA) is 24.5 Å². The van der Waals surface area contributed by atoms with Crippen LogP contribution in [-0.4, -0.2) is 39.9 Å². The van der Waals surface area contributed by atoms with Gasteiger partial charge in [0.05, 0.1) is 6.61 Å². The first-order valence-corrected chi connectivity index (χ1v) is 6.83. The zero-order valence-electron chi connectivity index (χ0n) is 11.5. The number of nitrogens with one attached hydrogen (secondary N) is 1. The van der Waals surface area contributed by atoms with E-state index in [0.717, 1.165) is 39.2 Å². The van der Waals surface area contributed by atoms with E-state index in [1.165, 1.54) is 11.3 Å². The van der Waals surface area contributed by atoms with Gasteiger partial charge in [0, 0.05) is 32.4 Å². The van der Waals surface area contributed by atoms with Crippen molar-refractivity contribution < 1.29 is 4.74 Å². The Morgan fingerprint density at radius 2 is 2.22 bits per heavy atom. The van der Waals surface area contributed by atoms with E-state index in [2.05, 4.69) is 41.4 Å². The van der Waals surface area contributed by atoms with Gasteiger partial charge in [-0.1, -0.05) is 25.1 Å². The molecule has 0 saturated carbocycles. The summed E-state index contributed by atoms with van der Waals surface area (Å²) >= 11 is 0. The molecule has 2 rings (SSSR count). The highest BCUT2D eigenvalue weighted by atomic mass is 16.5. The number of benzene rings is 1. The zero-order valence-corrected chi connectivity index (χ0v) is 11.5. The van der Waals surface area contributed by atoms with Crippen LogP contribution >= 0.6 is 0 Å². The molecule has 1 fully saturated rings. The Kier molecular flexibility index (Phi) is 5.02. The smallest absolute Gasteiger partial charge is 0.0503 e. The number of nitrogens with zero attached hydrogens (tertiary/aromatic N) is 1. The number of methoxy groups -OCH3 is 1. The van der Waals surface area contributed by atoms with E-state index in [1.54, 1.807) is 7.11 Å². The van der Waals surface area contributed by atoms with Crippen LogP contribution in [0.3, 0.4) is 0 Å². The number of hydrogen-bond acceptors (Lipinski definition) is 3. The molecule has 1 aliphatic rings. The number of hydrogen-bond donors (Lipinski definition) is 1. The van der Waals surface area contributed by atoms with Crippen molar-refractivity contribution in [3.05, 3.63) is 29.8 Å². The van der Waals surface area contributed by atoms with Gasteiger partial charge >= 0.3 is 0 Å². The lowest BCUT2D eigenvalue weighted by Gasteiger charge is -2.27. The summed E-state index contributed by atoms with van der Waals surface area (Å²) in [6, 6.07) is 8.71. The van der Waals surface area contributed by atoms with Crippen molar-refractivity contribution >= 4 is 5.69 Å². The molecule has 100 valence electrons. The van der Waals surface area contributed by atoms with E-state index < -0.39 is 0 Å². The van der Waals surface area contributed by atoms with E-state index >= 15 is 0 Å².